The van der Waals surface area contributed by atoms with Gasteiger partial charge in [-0.25, -0.2) is 0 Å². The molecule has 242 valence electrons. The summed E-state index contributed by atoms with van der Waals surface area (Å²) in [5.74, 6) is 0. The molecule has 0 amide bonds. The molecule has 0 aliphatic rings. The van der Waals surface area contributed by atoms with Gasteiger partial charge in [-0.05, 0) is 49.9 Å². The molecule has 42 heavy (non-hydrogen) atoms. The summed E-state index contributed by atoms with van der Waals surface area (Å²) >= 11 is 0. The van der Waals surface area contributed by atoms with Crippen LogP contribution in [-0.2, 0) is 13.1 Å². The van der Waals surface area contributed by atoms with E-state index in [0.29, 0.717) is 0 Å². The van der Waals surface area contributed by atoms with Gasteiger partial charge in [0.15, 0.2) is 0 Å². The molecule has 2 rings (SSSR count). The maximum atomic E-state index is 4.74. The summed E-state index contributed by atoms with van der Waals surface area (Å²) in [5, 5.41) is 2.27. The minimum Gasteiger partial charge on any atom is -0.412 e. The van der Waals surface area contributed by atoms with Gasteiger partial charge in [-0.1, -0.05) is 117 Å². The summed E-state index contributed by atoms with van der Waals surface area (Å²) in [6.45, 7) is 8.74. The second-order valence-electron chi connectivity index (χ2n) is 11.7. The zero-order valence-electron chi connectivity index (χ0n) is 27.4. The van der Waals surface area contributed by atoms with Crippen molar-refractivity contribution in [2.45, 2.75) is 155 Å². The van der Waals surface area contributed by atoms with Gasteiger partial charge < -0.3 is 20.1 Å². The lowest BCUT2D eigenvalue weighted by Gasteiger charge is -2.07. The third-order valence-electron chi connectivity index (χ3n) is 7.94. The van der Waals surface area contributed by atoms with Crippen LogP contribution in [0.15, 0.2) is 59.0 Å². The van der Waals surface area contributed by atoms with E-state index in [9.17, 15) is 0 Å². The molecule has 6 heteroatoms. The lowest BCUT2D eigenvalue weighted by Crippen LogP contribution is -2.06. The molecule has 0 saturated carbocycles. The van der Waals surface area contributed by atoms with Crippen LogP contribution < -0.4 is 10.7 Å². The van der Waals surface area contributed by atoms with E-state index in [0.717, 1.165) is 36.9 Å². The van der Waals surface area contributed by atoms with Crippen LogP contribution >= 0.6 is 0 Å². The fourth-order valence-corrected chi connectivity index (χ4v) is 5.26. The molecular weight excluding hydrogens is 520 g/mol. The van der Waals surface area contributed by atoms with Gasteiger partial charge in [-0.2, -0.15) is 0 Å². The van der Waals surface area contributed by atoms with Crippen LogP contribution in [0.3, 0.4) is 0 Å². The first-order chi connectivity index (χ1) is 19.8. The van der Waals surface area contributed by atoms with Crippen molar-refractivity contribution in [1.82, 2.24) is 9.13 Å². The number of aryl methyl sites for hydroxylation is 2. The van der Waals surface area contributed by atoms with Crippen molar-refractivity contribution in [3.8, 4) is 0 Å². The monoisotopic (exact) mass is 587 g/mol. The molecule has 0 unspecified atom stereocenters. The number of hydrogen-bond donors (Lipinski definition) is 0. The Morgan fingerprint density at radius 2 is 0.690 bits per heavy atom. The highest BCUT2D eigenvalue weighted by molar-refractivity contribution is 4.94. The fraction of sp³-hybridized carbons (Fsp3) is 0.722. The van der Waals surface area contributed by atoms with E-state index in [1.54, 1.807) is 0 Å². The molecule has 4 N–H and O–H groups in total. The van der Waals surface area contributed by atoms with Crippen molar-refractivity contribution >= 4 is 0 Å². The van der Waals surface area contributed by atoms with Crippen molar-refractivity contribution in [2.75, 3.05) is 13.1 Å². The summed E-state index contributed by atoms with van der Waals surface area (Å²) in [4.78, 5) is 9.48. The van der Waals surface area contributed by atoms with E-state index in [4.69, 9.17) is 9.98 Å². The van der Waals surface area contributed by atoms with Crippen LogP contribution in [0.2, 0.25) is 0 Å². The average Bonchev–Trinajstić information content (AvgIpc) is 2.98. The Morgan fingerprint density at radius 3 is 1.02 bits per heavy atom. The number of hydrogen-bond acceptors (Lipinski definition) is 2. The third-order valence-corrected chi connectivity index (χ3v) is 7.94. The molecular formula is C36H66N4O2. The first-order valence-corrected chi connectivity index (χ1v) is 17.1. The number of rotatable bonds is 25. The predicted molar refractivity (Wildman–Crippen MR) is 181 cm³/mol. The van der Waals surface area contributed by atoms with Crippen LogP contribution in [-0.4, -0.2) is 33.2 Å². The van der Waals surface area contributed by atoms with Gasteiger partial charge in [0.05, 0.1) is 10.7 Å². The van der Waals surface area contributed by atoms with Crippen molar-refractivity contribution < 1.29 is 11.0 Å². The third kappa shape index (κ3) is 21.5. The smallest absolute Gasteiger partial charge is 0.0603 e. The molecule has 2 heterocycles. The number of unbranched alkanes of at least 4 members (excludes halogenated alkanes) is 17. The molecule has 0 fully saturated rings. The summed E-state index contributed by atoms with van der Waals surface area (Å²) in [5.41, 5.74) is 0. The second kappa shape index (κ2) is 28.9. The van der Waals surface area contributed by atoms with Crippen LogP contribution in [0.5, 0.6) is 0 Å². The highest BCUT2D eigenvalue weighted by Gasteiger charge is 1.96. The van der Waals surface area contributed by atoms with Crippen molar-refractivity contribution in [2.24, 2.45) is 9.98 Å². The van der Waals surface area contributed by atoms with Crippen LogP contribution in [0.25, 0.3) is 0 Å². The largest absolute Gasteiger partial charge is 0.412 e. The normalized spacial score (nSPS) is 10.6. The molecule has 2 aromatic heterocycles. The van der Waals surface area contributed by atoms with Crippen LogP contribution in [0.4, 0.5) is 0 Å². The average molecular weight is 587 g/mol. The highest BCUT2D eigenvalue weighted by atomic mass is 16.0. The molecule has 0 aromatic carbocycles. The first kappa shape index (κ1) is 39.8. The fourth-order valence-electron chi connectivity index (χ4n) is 5.26. The maximum Gasteiger partial charge on any atom is 0.0603 e. The summed E-state index contributed by atoms with van der Waals surface area (Å²) in [6, 6.07) is 8.71. The Balaban J connectivity index is 0.00000840. The van der Waals surface area contributed by atoms with Crippen molar-refractivity contribution in [3.63, 3.8) is 0 Å². The molecule has 0 saturated heterocycles. The number of aromatic nitrogens is 2. The van der Waals surface area contributed by atoms with Crippen molar-refractivity contribution in [3.05, 3.63) is 59.8 Å². The Bertz CT molecular complexity index is 862. The van der Waals surface area contributed by atoms with Crippen molar-refractivity contribution in [1.29, 1.82) is 0 Å². The van der Waals surface area contributed by atoms with E-state index >= 15 is 0 Å². The molecule has 0 bridgehead atoms. The topological polar surface area (TPSA) is 97.6 Å². The quantitative estimate of drug-likeness (QED) is 0.105. The zero-order chi connectivity index (χ0) is 28.4. The maximum absolute atomic E-state index is 4.74. The SMILES string of the molecule is CCCCCCCCN=c1ccn(CCCCCCCCCCn2ccc(=NCCCCCCCC)cc2)cc1.O.O. The molecule has 0 aliphatic heterocycles. The Hall–Kier alpha value is -2.18. The molecule has 0 spiro atoms. The Morgan fingerprint density at radius 1 is 0.405 bits per heavy atom. The van der Waals surface area contributed by atoms with Gasteiger partial charge >= 0.3 is 0 Å². The minimum atomic E-state index is 0. The van der Waals surface area contributed by atoms with Gasteiger partial charge in [0, 0.05) is 51.0 Å². The molecule has 2 aromatic rings. The van der Waals surface area contributed by atoms with Gasteiger partial charge in [-0.15, -0.1) is 0 Å². The second-order valence-corrected chi connectivity index (χ2v) is 11.7. The van der Waals surface area contributed by atoms with Gasteiger partial charge in [-0.3, -0.25) is 9.98 Å². The van der Waals surface area contributed by atoms with Gasteiger partial charge in [0.1, 0.15) is 0 Å². The number of nitrogens with zero attached hydrogens (tertiary/aromatic N) is 4. The van der Waals surface area contributed by atoms with Crippen LogP contribution in [0.1, 0.15) is 142 Å². The van der Waals surface area contributed by atoms with E-state index in [2.05, 4.69) is 72.0 Å². The minimum absolute atomic E-state index is 0. The molecule has 0 atom stereocenters. The number of pyridine rings is 2. The highest BCUT2D eigenvalue weighted by Crippen LogP contribution is 2.10. The van der Waals surface area contributed by atoms with Gasteiger partial charge in [0.2, 0.25) is 0 Å². The Labute approximate surface area is 258 Å². The first-order valence-electron chi connectivity index (χ1n) is 17.1. The molecule has 0 aliphatic carbocycles. The standard InChI is InChI=1S/C36H62N4.2H2O/c1-3-5-7-9-15-19-27-37-35-23-31-39(32-24-35)29-21-17-13-11-12-14-18-22-30-40-33-25-36(26-34-40)38-28-20-16-10-8-6-4-2;;/h23-26,31-34H,3-22,27-30H2,1-2H3;2*1H2. The van der Waals surface area contributed by atoms with E-state index in [-0.39, 0.29) is 11.0 Å². The van der Waals surface area contributed by atoms with Crippen LogP contribution in [0, 0.1) is 0 Å². The van der Waals surface area contributed by atoms with Gasteiger partial charge in [0.25, 0.3) is 0 Å². The zero-order valence-corrected chi connectivity index (χ0v) is 27.4. The summed E-state index contributed by atoms with van der Waals surface area (Å²) in [6.07, 6.45) is 35.5. The van der Waals surface area contributed by atoms with E-state index < -0.39 is 0 Å². The lowest BCUT2D eigenvalue weighted by molar-refractivity contribution is 0.524. The van der Waals surface area contributed by atoms with E-state index in [1.807, 2.05) is 0 Å². The Kier molecular flexibility index (Phi) is 27.4. The predicted octanol–water partition coefficient (Wildman–Crippen LogP) is 7.98. The molecule has 0 radical (unpaired) electrons. The summed E-state index contributed by atoms with van der Waals surface area (Å²) < 4.78 is 4.63. The molecule has 6 nitrogen and oxygen atoms in total. The van der Waals surface area contributed by atoms with E-state index in [1.165, 1.54) is 128 Å². The lowest BCUT2D eigenvalue weighted by atomic mass is 10.1. The summed E-state index contributed by atoms with van der Waals surface area (Å²) in [7, 11) is 0.